The van der Waals surface area contributed by atoms with Crippen molar-refractivity contribution in [3.63, 3.8) is 0 Å². The lowest BCUT2D eigenvalue weighted by Crippen LogP contribution is -2.42. The van der Waals surface area contributed by atoms with Crippen molar-refractivity contribution in [1.82, 2.24) is 4.90 Å². The van der Waals surface area contributed by atoms with Crippen LogP contribution in [0.4, 0.5) is 0 Å². The molecule has 2 N–H and O–H groups in total. The molecule has 3 nitrogen and oxygen atoms in total. The normalized spacial score (nSPS) is 41.5. The quantitative estimate of drug-likeness (QED) is 0.851. The lowest BCUT2D eigenvalue weighted by molar-refractivity contribution is -0.134. The average Bonchev–Trinajstić information content (AvgIpc) is 3.01. The minimum absolute atomic E-state index is 0.366. The number of nitrogens with zero attached hydrogens (tertiary/aromatic N) is 1. The molecule has 0 radical (unpaired) electrons. The second kappa shape index (κ2) is 5.43. The van der Waals surface area contributed by atoms with Gasteiger partial charge in [-0.2, -0.15) is 0 Å². The van der Waals surface area contributed by atoms with E-state index in [4.69, 9.17) is 5.73 Å². The molecule has 0 spiro atoms. The molecule has 3 atom stereocenters. The van der Waals surface area contributed by atoms with Crippen LogP contribution in [0.5, 0.6) is 0 Å². The minimum Gasteiger partial charge on any atom is -0.343 e. The second-order valence-corrected chi connectivity index (χ2v) is 7.21. The van der Waals surface area contributed by atoms with E-state index in [-0.39, 0.29) is 0 Å². The Morgan fingerprint density at radius 2 is 1.84 bits per heavy atom. The number of fused-ring (bicyclic) bond motifs is 2. The molecule has 3 unspecified atom stereocenters. The third kappa shape index (κ3) is 2.81. The van der Waals surface area contributed by atoms with Gasteiger partial charge in [-0.05, 0) is 62.7 Å². The summed E-state index contributed by atoms with van der Waals surface area (Å²) in [4.78, 5) is 14.5. The Balaban J connectivity index is 1.49. The van der Waals surface area contributed by atoms with Crippen LogP contribution in [0, 0.1) is 17.8 Å². The molecule has 0 heterocycles. The van der Waals surface area contributed by atoms with E-state index in [1.807, 2.05) is 11.9 Å². The lowest BCUT2D eigenvalue weighted by Gasteiger charge is -2.34. The monoisotopic (exact) mass is 264 g/mol. The molecule has 0 aromatic carbocycles. The largest absolute Gasteiger partial charge is 0.343 e. The Morgan fingerprint density at radius 1 is 1.11 bits per heavy atom. The van der Waals surface area contributed by atoms with E-state index in [0.29, 0.717) is 23.9 Å². The topological polar surface area (TPSA) is 46.3 Å². The lowest BCUT2D eigenvalue weighted by atomic mass is 9.85. The maximum atomic E-state index is 12.5. The Labute approximate surface area is 116 Å². The highest BCUT2D eigenvalue weighted by atomic mass is 16.2. The van der Waals surface area contributed by atoms with E-state index in [1.54, 1.807) is 0 Å². The average molecular weight is 264 g/mol. The molecule has 3 saturated carbocycles. The van der Waals surface area contributed by atoms with E-state index in [0.717, 1.165) is 43.9 Å². The molecule has 1 amide bonds. The van der Waals surface area contributed by atoms with E-state index >= 15 is 0 Å². The van der Waals surface area contributed by atoms with Gasteiger partial charge in [0.1, 0.15) is 0 Å². The second-order valence-electron chi connectivity index (χ2n) is 7.21. The zero-order valence-electron chi connectivity index (χ0n) is 12.2. The first-order chi connectivity index (χ1) is 9.13. The molecule has 0 aliphatic heterocycles. The smallest absolute Gasteiger partial charge is 0.222 e. The number of amides is 1. The van der Waals surface area contributed by atoms with E-state index in [1.165, 1.54) is 25.7 Å². The number of carbonyl (C=O) groups excluding carboxylic acids is 1. The van der Waals surface area contributed by atoms with E-state index in [9.17, 15) is 4.79 Å². The van der Waals surface area contributed by atoms with Crippen molar-refractivity contribution in [1.29, 1.82) is 0 Å². The van der Waals surface area contributed by atoms with Gasteiger partial charge in [-0.3, -0.25) is 4.79 Å². The highest BCUT2D eigenvalue weighted by Crippen LogP contribution is 2.49. The van der Waals surface area contributed by atoms with Crippen LogP contribution in [0.2, 0.25) is 0 Å². The summed E-state index contributed by atoms with van der Waals surface area (Å²) in [5.41, 5.74) is 5.94. The number of hydrogen-bond acceptors (Lipinski definition) is 2. The van der Waals surface area contributed by atoms with E-state index < -0.39 is 0 Å². The molecule has 108 valence electrons. The standard InChI is InChI=1S/C16H28N2O/c1-18(15-6-4-14(17)5-7-15)16(19)10-13-9-11-2-3-12(13)8-11/h11-15H,2-10,17H2,1H3. The van der Waals surface area contributed by atoms with Crippen molar-refractivity contribution in [3.05, 3.63) is 0 Å². The zero-order valence-corrected chi connectivity index (χ0v) is 12.2. The van der Waals surface area contributed by atoms with Gasteiger partial charge in [0.15, 0.2) is 0 Å². The van der Waals surface area contributed by atoms with Gasteiger partial charge in [-0.15, -0.1) is 0 Å². The molecule has 3 rings (SSSR count). The maximum Gasteiger partial charge on any atom is 0.222 e. The third-order valence-corrected chi connectivity index (χ3v) is 6.00. The zero-order chi connectivity index (χ0) is 13.4. The number of rotatable bonds is 3. The van der Waals surface area contributed by atoms with Gasteiger partial charge in [0.2, 0.25) is 5.91 Å². The van der Waals surface area contributed by atoms with Crippen LogP contribution in [0.1, 0.15) is 57.8 Å². The fraction of sp³-hybridized carbons (Fsp3) is 0.938. The first-order valence-electron chi connectivity index (χ1n) is 8.14. The van der Waals surface area contributed by atoms with Crippen LogP contribution in [-0.2, 0) is 4.79 Å². The number of nitrogens with two attached hydrogens (primary N) is 1. The van der Waals surface area contributed by atoms with Crippen molar-refractivity contribution in [2.75, 3.05) is 7.05 Å². The minimum atomic E-state index is 0.366. The third-order valence-electron chi connectivity index (χ3n) is 6.00. The van der Waals surface area contributed by atoms with Crippen molar-refractivity contribution < 1.29 is 4.79 Å². The van der Waals surface area contributed by atoms with Crippen LogP contribution in [0.15, 0.2) is 0 Å². The van der Waals surface area contributed by atoms with Gasteiger partial charge >= 0.3 is 0 Å². The summed E-state index contributed by atoms with van der Waals surface area (Å²) in [5.74, 6) is 2.89. The van der Waals surface area contributed by atoms with Gasteiger partial charge in [-0.1, -0.05) is 6.42 Å². The van der Waals surface area contributed by atoms with Crippen LogP contribution in [-0.4, -0.2) is 29.9 Å². The fourth-order valence-electron chi connectivity index (χ4n) is 4.69. The molecule has 3 aliphatic carbocycles. The molecular weight excluding hydrogens is 236 g/mol. The SMILES string of the molecule is CN(C(=O)CC1CC2CCC1C2)C1CCC(N)CC1. The number of hydrogen-bond donors (Lipinski definition) is 1. The predicted molar refractivity (Wildman–Crippen MR) is 76.6 cm³/mol. The molecule has 0 aromatic heterocycles. The first kappa shape index (κ1) is 13.4. The van der Waals surface area contributed by atoms with Gasteiger partial charge in [-0.25, -0.2) is 0 Å². The molecular formula is C16H28N2O. The summed E-state index contributed by atoms with van der Waals surface area (Å²) in [6, 6.07) is 0.816. The highest BCUT2D eigenvalue weighted by molar-refractivity contribution is 5.76. The van der Waals surface area contributed by atoms with Gasteiger partial charge in [0, 0.05) is 25.6 Å². The summed E-state index contributed by atoms with van der Waals surface area (Å²) in [5, 5.41) is 0. The predicted octanol–water partition coefficient (Wildman–Crippen LogP) is 2.54. The van der Waals surface area contributed by atoms with Crippen LogP contribution in [0.3, 0.4) is 0 Å². The Morgan fingerprint density at radius 3 is 2.42 bits per heavy atom. The fourth-order valence-corrected chi connectivity index (χ4v) is 4.69. The summed E-state index contributed by atoms with van der Waals surface area (Å²) in [6.07, 6.45) is 10.7. The van der Waals surface area contributed by atoms with Gasteiger partial charge < -0.3 is 10.6 Å². The van der Waals surface area contributed by atoms with Crippen LogP contribution in [0.25, 0.3) is 0 Å². The summed E-state index contributed by atoms with van der Waals surface area (Å²) in [6.45, 7) is 0. The highest BCUT2D eigenvalue weighted by Gasteiger charge is 2.40. The molecule has 0 aromatic rings. The number of carbonyl (C=O) groups is 1. The molecule has 3 fully saturated rings. The van der Waals surface area contributed by atoms with Crippen molar-refractivity contribution >= 4 is 5.91 Å². The Hall–Kier alpha value is -0.570. The maximum absolute atomic E-state index is 12.5. The van der Waals surface area contributed by atoms with Crippen LogP contribution >= 0.6 is 0 Å². The molecule has 3 aliphatic rings. The first-order valence-corrected chi connectivity index (χ1v) is 8.14. The summed E-state index contributed by atoms with van der Waals surface area (Å²) < 4.78 is 0. The van der Waals surface area contributed by atoms with Gasteiger partial charge in [0.25, 0.3) is 0 Å². The van der Waals surface area contributed by atoms with Crippen molar-refractivity contribution in [3.8, 4) is 0 Å². The van der Waals surface area contributed by atoms with E-state index in [2.05, 4.69) is 0 Å². The van der Waals surface area contributed by atoms with Gasteiger partial charge in [0.05, 0.1) is 0 Å². The van der Waals surface area contributed by atoms with Crippen LogP contribution < -0.4 is 5.73 Å². The summed E-state index contributed by atoms with van der Waals surface area (Å²) in [7, 11) is 2.01. The van der Waals surface area contributed by atoms with Crippen molar-refractivity contribution in [2.24, 2.45) is 23.5 Å². The molecule has 3 heteroatoms. The summed E-state index contributed by atoms with van der Waals surface area (Å²) >= 11 is 0. The Bertz CT molecular complexity index is 336. The Kier molecular flexibility index (Phi) is 3.84. The molecule has 19 heavy (non-hydrogen) atoms. The molecule has 0 saturated heterocycles. The van der Waals surface area contributed by atoms with Crippen molar-refractivity contribution in [2.45, 2.75) is 69.9 Å². The molecule has 2 bridgehead atoms.